The molecule has 90 valence electrons. The summed E-state index contributed by atoms with van der Waals surface area (Å²) < 4.78 is 12.9. The Balaban J connectivity index is 2.89. The molecule has 3 nitrogen and oxygen atoms in total. The Morgan fingerprint density at radius 2 is 2.29 bits per heavy atom. The van der Waals surface area contributed by atoms with Crippen molar-refractivity contribution in [2.24, 2.45) is 5.41 Å². The Bertz CT molecular complexity index is 484. The molecule has 0 aliphatic carbocycles. The molecular formula is C12H12ClFN2O. The highest BCUT2D eigenvalue weighted by atomic mass is 35.5. The predicted octanol–water partition coefficient (Wildman–Crippen LogP) is 3.36. The van der Waals surface area contributed by atoms with E-state index < -0.39 is 17.1 Å². The zero-order chi connectivity index (χ0) is 13.1. The van der Waals surface area contributed by atoms with E-state index in [4.69, 9.17) is 16.9 Å². The van der Waals surface area contributed by atoms with Gasteiger partial charge in [-0.2, -0.15) is 5.26 Å². The van der Waals surface area contributed by atoms with Gasteiger partial charge in [0.15, 0.2) is 0 Å². The molecule has 1 rings (SSSR count). The second kappa shape index (κ2) is 5.15. The monoisotopic (exact) mass is 254 g/mol. The standard InChI is InChI=1S/C12H12ClFN2O/c1-3-12(2,7-15)11(17)16-8-4-5-10(14)9(13)6-8/h4-6H,3H2,1-2H3,(H,16,17). The van der Waals surface area contributed by atoms with Crippen LogP contribution in [0.15, 0.2) is 18.2 Å². The molecule has 0 saturated heterocycles. The number of halogens is 2. The quantitative estimate of drug-likeness (QED) is 0.899. The maximum absolute atomic E-state index is 12.9. The van der Waals surface area contributed by atoms with E-state index >= 15 is 0 Å². The summed E-state index contributed by atoms with van der Waals surface area (Å²) in [5.74, 6) is -0.978. The van der Waals surface area contributed by atoms with Gasteiger partial charge in [0.2, 0.25) is 5.91 Å². The van der Waals surface area contributed by atoms with E-state index in [2.05, 4.69) is 5.32 Å². The molecule has 1 N–H and O–H groups in total. The Hall–Kier alpha value is -1.60. The number of amides is 1. The highest BCUT2D eigenvalue weighted by Crippen LogP contribution is 2.24. The summed E-state index contributed by atoms with van der Waals surface area (Å²) >= 11 is 5.59. The Morgan fingerprint density at radius 1 is 1.65 bits per heavy atom. The first-order chi connectivity index (χ1) is 7.92. The van der Waals surface area contributed by atoms with Crippen LogP contribution in [0.3, 0.4) is 0 Å². The minimum absolute atomic E-state index is 0.0713. The first kappa shape index (κ1) is 13.5. The van der Waals surface area contributed by atoms with Crippen molar-refractivity contribution in [3.63, 3.8) is 0 Å². The van der Waals surface area contributed by atoms with Crippen LogP contribution in [0.5, 0.6) is 0 Å². The molecular weight excluding hydrogens is 243 g/mol. The fraction of sp³-hybridized carbons (Fsp3) is 0.333. The van der Waals surface area contributed by atoms with Crippen LogP contribution in [0.2, 0.25) is 5.02 Å². The second-order valence-electron chi connectivity index (χ2n) is 3.88. The van der Waals surface area contributed by atoms with Crippen LogP contribution in [-0.2, 0) is 4.79 Å². The Morgan fingerprint density at radius 3 is 2.76 bits per heavy atom. The van der Waals surface area contributed by atoms with Crippen molar-refractivity contribution in [3.8, 4) is 6.07 Å². The lowest BCUT2D eigenvalue weighted by molar-refractivity contribution is -0.122. The van der Waals surface area contributed by atoms with E-state index in [9.17, 15) is 9.18 Å². The molecule has 0 radical (unpaired) electrons. The third-order valence-electron chi connectivity index (χ3n) is 2.63. The number of carbonyl (C=O) groups is 1. The number of benzene rings is 1. The molecule has 0 spiro atoms. The van der Waals surface area contributed by atoms with Gasteiger partial charge in [-0.05, 0) is 31.5 Å². The van der Waals surface area contributed by atoms with Crippen LogP contribution < -0.4 is 5.32 Å². The number of carbonyl (C=O) groups excluding carboxylic acids is 1. The normalized spacial score (nSPS) is 13.6. The van der Waals surface area contributed by atoms with Crippen molar-refractivity contribution in [2.45, 2.75) is 20.3 Å². The number of nitriles is 1. The molecule has 1 atom stereocenters. The fourth-order valence-electron chi connectivity index (χ4n) is 1.13. The summed E-state index contributed by atoms with van der Waals surface area (Å²) in [6, 6.07) is 5.82. The summed E-state index contributed by atoms with van der Waals surface area (Å²) in [6.07, 6.45) is 0.393. The van der Waals surface area contributed by atoms with Gasteiger partial charge in [-0.1, -0.05) is 18.5 Å². The van der Waals surface area contributed by atoms with Gasteiger partial charge in [0.1, 0.15) is 11.2 Å². The van der Waals surface area contributed by atoms with Crippen LogP contribution in [0.25, 0.3) is 0 Å². The van der Waals surface area contributed by atoms with Gasteiger partial charge < -0.3 is 5.32 Å². The number of hydrogen-bond donors (Lipinski definition) is 1. The lowest BCUT2D eigenvalue weighted by Crippen LogP contribution is -2.31. The summed E-state index contributed by atoms with van der Waals surface area (Å²) in [4.78, 5) is 11.8. The average Bonchev–Trinajstić information content (AvgIpc) is 2.32. The molecule has 5 heteroatoms. The van der Waals surface area contributed by atoms with Gasteiger partial charge in [-0.15, -0.1) is 0 Å². The molecule has 0 aromatic heterocycles. The van der Waals surface area contributed by atoms with E-state index in [-0.39, 0.29) is 5.02 Å². The summed E-state index contributed by atoms with van der Waals surface area (Å²) in [5, 5.41) is 11.4. The van der Waals surface area contributed by atoms with E-state index in [1.807, 2.05) is 6.07 Å². The fourth-order valence-corrected chi connectivity index (χ4v) is 1.31. The van der Waals surface area contributed by atoms with Crippen LogP contribution in [0.1, 0.15) is 20.3 Å². The smallest absolute Gasteiger partial charge is 0.244 e. The molecule has 0 aliphatic heterocycles. The molecule has 1 aromatic carbocycles. The van der Waals surface area contributed by atoms with Gasteiger partial charge in [0.05, 0.1) is 11.1 Å². The summed E-state index contributed by atoms with van der Waals surface area (Å²) in [7, 11) is 0. The van der Waals surface area contributed by atoms with E-state index in [0.29, 0.717) is 12.1 Å². The maximum atomic E-state index is 12.9. The molecule has 1 aromatic rings. The minimum Gasteiger partial charge on any atom is -0.325 e. The first-order valence-corrected chi connectivity index (χ1v) is 5.48. The van der Waals surface area contributed by atoms with Crippen molar-refractivity contribution in [1.82, 2.24) is 0 Å². The highest BCUT2D eigenvalue weighted by molar-refractivity contribution is 6.31. The number of rotatable bonds is 3. The zero-order valence-electron chi connectivity index (χ0n) is 9.55. The van der Waals surface area contributed by atoms with Crippen molar-refractivity contribution >= 4 is 23.2 Å². The van der Waals surface area contributed by atoms with Crippen molar-refractivity contribution in [2.75, 3.05) is 5.32 Å². The molecule has 1 unspecified atom stereocenters. The molecule has 1 amide bonds. The van der Waals surface area contributed by atoms with E-state index in [1.165, 1.54) is 12.1 Å². The SMILES string of the molecule is CCC(C)(C#N)C(=O)Nc1ccc(F)c(Cl)c1. The van der Waals surface area contributed by atoms with Crippen LogP contribution in [0.4, 0.5) is 10.1 Å². The lowest BCUT2D eigenvalue weighted by Gasteiger charge is -2.18. The third-order valence-corrected chi connectivity index (χ3v) is 2.92. The summed E-state index contributed by atoms with van der Waals surface area (Å²) in [6.45, 7) is 3.30. The molecule has 17 heavy (non-hydrogen) atoms. The number of hydrogen-bond acceptors (Lipinski definition) is 2. The van der Waals surface area contributed by atoms with E-state index in [0.717, 1.165) is 6.07 Å². The van der Waals surface area contributed by atoms with Gasteiger partial charge >= 0.3 is 0 Å². The van der Waals surface area contributed by atoms with Crippen LogP contribution in [0, 0.1) is 22.6 Å². The third kappa shape index (κ3) is 2.95. The number of nitrogens with one attached hydrogen (secondary N) is 1. The van der Waals surface area contributed by atoms with E-state index in [1.54, 1.807) is 13.8 Å². The van der Waals surface area contributed by atoms with Crippen molar-refractivity contribution < 1.29 is 9.18 Å². The molecule has 0 fully saturated rings. The molecule has 0 heterocycles. The van der Waals surface area contributed by atoms with Crippen molar-refractivity contribution in [3.05, 3.63) is 29.0 Å². The first-order valence-electron chi connectivity index (χ1n) is 5.10. The van der Waals surface area contributed by atoms with Crippen molar-refractivity contribution in [1.29, 1.82) is 5.26 Å². The number of anilines is 1. The lowest BCUT2D eigenvalue weighted by atomic mass is 9.88. The molecule has 0 saturated carbocycles. The van der Waals surface area contributed by atoms with Crippen LogP contribution >= 0.6 is 11.6 Å². The second-order valence-corrected chi connectivity index (χ2v) is 4.29. The average molecular weight is 255 g/mol. The van der Waals surface area contributed by atoms with Gasteiger partial charge in [0, 0.05) is 5.69 Å². The summed E-state index contributed by atoms with van der Waals surface area (Å²) in [5.41, 5.74) is -0.725. The Kier molecular flexibility index (Phi) is 4.08. The molecule has 0 aliphatic rings. The predicted molar refractivity (Wildman–Crippen MR) is 64.1 cm³/mol. The molecule has 0 bridgehead atoms. The maximum Gasteiger partial charge on any atom is 0.244 e. The van der Waals surface area contributed by atoms with Gasteiger partial charge in [0.25, 0.3) is 0 Å². The zero-order valence-corrected chi connectivity index (χ0v) is 10.3. The minimum atomic E-state index is -1.10. The van der Waals surface area contributed by atoms with Gasteiger partial charge in [-0.3, -0.25) is 4.79 Å². The number of nitrogens with zero attached hydrogens (tertiary/aromatic N) is 1. The largest absolute Gasteiger partial charge is 0.325 e. The van der Waals surface area contributed by atoms with Gasteiger partial charge in [-0.25, -0.2) is 4.39 Å². The Labute approximate surface area is 104 Å². The highest BCUT2D eigenvalue weighted by Gasteiger charge is 2.31. The van der Waals surface area contributed by atoms with Crippen LogP contribution in [-0.4, -0.2) is 5.91 Å². The topological polar surface area (TPSA) is 52.9 Å².